The third-order valence-corrected chi connectivity index (χ3v) is 5.93. The van der Waals surface area contributed by atoms with Crippen LogP contribution in [0, 0.1) is 0 Å². The van der Waals surface area contributed by atoms with E-state index in [1.807, 2.05) is 19.9 Å². The van der Waals surface area contributed by atoms with E-state index in [-0.39, 0.29) is 28.8 Å². The van der Waals surface area contributed by atoms with Crippen molar-refractivity contribution in [3.05, 3.63) is 60.4 Å². The Morgan fingerprint density at radius 2 is 1.68 bits per heavy atom. The van der Waals surface area contributed by atoms with Crippen molar-refractivity contribution in [2.24, 2.45) is 0 Å². The molecule has 4 aromatic rings. The minimum atomic E-state index is -5.65. The minimum Gasteiger partial charge on any atom is -0.325 e. The number of alkyl halides is 6. The summed E-state index contributed by atoms with van der Waals surface area (Å²) in [6, 6.07) is 8.90. The molecule has 3 heterocycles. The molecule has 2 N–H and O–H groups in total. The van der Waals surface area contributed by atoms with Gasteiger partial charge in [0.15, 0.2) is 5.65 Å². The number of aromatic nitrogens is 4. The molecule has 0 radical (unpaired) electrons. The van der Waals surface area contributed by atoms with Crippen molar-refractivity contribution in [2.75, 3.05) is 15.5 Å². The summed E-state index contributed by atoms with van der Waals surface area (Å²) < 4.78 is 79.3. The van der Waals surface area contributed by atoms with Gasteiger partial charge in [0.05, 0.1) is 11.1 Å². The highest BCUT2D eigenvalue weighted by Gasteiger charge is 2.53. The lowest BCUT2D eigenvalue weighted by molar-refractivity contribution is -0.226. The Balaban J connectivity index is 1.45. The molecule has 0 spiro atoms. The monoisotopic (exact) mass is 521 g/mol. The van der Waals surface area contributed by atoms with E-state index in [1.54, 1.807) is 12.1 Å². The van der Waals surface area contributed by atoms with Gasteiger partial charge in [0, 0.05) is 29.3 Å². The van der Waals surface area contributed by atoms with Crippen LogP contribution in [-0.2, 0) is 10.2 Å². The number of halogens is 6. The topological polar surface area (TPSA) is 87.5 Å². The average molecular weight is 521 g/mol. The molecule has 8 nitrogen and oxygen atoms in total. The molecule has 5 rings (SSSR count). The minimum absolute atomic E-state index is 0.124. The molecule has 0 aliphatic carbocycles. The molecule has 192 valence electrons. The second kappa shape index (κ2) is 8.08. The van der Waals surface area contributed by atoms with E-state index >= 15 is 0 Å². The summed E-state index contributed by atoms with van der Waals surface area (Å²) in [5.74, 6) is 0.0375. The highest BCUT2D eigenvalue weighted by Crippen LogP contribution is 2.40. The Hall–Kier alpha value is -4.36. The molecule has 0 saturated heterocycles. The van der Waals surface area contributed by atoms with Crippen molar-refractivity contribution in [1.29, 1.82) is 0 Å². The first-order valence-electron chi connectivity index (χ1n) is 10.7. The van der Waals surface area contributed by atoms with Crippen molar-refractivity contribution in [3.8, 4) is 11.3 Å². The number of rotatable bonds is 4. The molecular formula is C23H17F6N7O. The molecule has 1 aliphatic rings. The van der Waals surface area contributed by atoms with Gasteiger partial charge in [-0.05, 0) is 43.7 Å². The molecule has 37 heavy (non-hydrogen) atoms. The largest absolute Gasteiger partial charge is 0.491 e. The van der Waals surface area contributed by atoms with Gasteiger partial charge < -0.3 is 10.6 Å². The summed E-state index contributed by atoms with van der Waals surface area (Å²) in [5, 5.41) is 10.1. The van der Waals surface area contributed by atoms with Crippen molar-refractivity contribution in [1.82, 2.24) is 19.6 Å². The van der Waals surface area contributed by atoms with E-state index in [0.29, 0.717) is 23.5 Å². The number of fused-ring (bicyclic) bond motifs is 2. The summed E-state index contributed by atoms with van der Waals surface area (Å²) in [5.41, 5.74) is 0.980. The molecule has 0 atom stereocenters. The highest BCUT2D eigenvalue weighted by atomic mass is 19.4. The second-order valence-electron chi connectivity index (χ2n) is 8.76. The van der Waals surface area contributed by atoms with Crippen LogP contribution in [0.4, 0.5) is 49.4 Å². The Bertz CT molecular complexity index is 1500. The fourth-order valence-corrected chi connectivity index (χ4v) is 4.08. The fraction of sp³-hybridized carbons (Fsp3) is 0.217. The first kappa shape index (κ1) is 24.3. The van der Waals surface area contributed by atoms with Gasteiger partial charge in [-0.1, -0.05) is 18.2 Å². The van der Waals surface area contributed by atoms with Crippen LogP contribution in [0.5, 0.6) is 0 Å². The zero-order valence-electron chi connectivity index (χ0n) is 19.1. The predicted octanol–water partition coefficient (Wildman–Crippen LogP) is 5.61. The van der Waals surface area contributed by atoms with Crippen LogP contribution >= 0.6 is 0 Å². The molecule has 0 unspecified atom stereocenters. The van der Waals surface area contributed by atoms with Gasteiger partial charge in [-0.3, -0.25) is 9.78 Å². The number of nitrogens with zero attached hydrogens (tertiary/aromatic N) is 5. The van der Waals surface area contributed by atoms with E-state index in [4.69, 9.17) is 0 Å². The van der Waals surface area contributed by atoms with Gasteiger partial charge in [-0.2, -0.15) is 9.88 Å². The van der Waals surface area contributed by atoms with Crippen molar-refractivity contribution in [3.63, 3.8) is 0 Å². The maximum atomic E-state index is 13.0. The van der Waals surface area contributed by atoms with Gasteiger partial charge in [-0.25, -0.2) is 4.52 Å². The van der Waals surface area contributed by atoms with Crippen LogP contribution < -0.4 is 15.5 Å². The maximum absolute atomic E-state index is 13.0. The number of carbonyl (C=O) groups is 1. The van der Waals surface area contributed by atoms with Crippen LogP contribution in [0.25, 0.3) is 16.9 Å². The first-order chi connectivity index (χ1) is 17.2. The van der Waals surface area contributed by atoms with Crippen molar-refractivity contribution in [2.45, 2.75) is 31.9 Å². The molecule has 2 aromatic carbocycles. The first-order valence-corrected chi connectivity index (χ1v) is 10.7. The normalized spacial score (nSPS) is 15.0. The summed E-state index contributed by atoms with van der Waals surface area (Å²) in [6.07, 6.45) is -8.44. The van der Waals surface area contributed by atoms with E-state index < -0.39 is 28.6 Å². The summed E-state index contributed by atoms with van der Waals surface area (Å²) in [4.78, 5) is 19.2. The fourth-order valence-electron chi connectivity index (χ4n) is 4.08. The van der Waals surface area contributed by atoms with E-state index in [9.17, 15) is 31.1 Å². The number of hydrogen-bond donors (Lipinski definition) is 2. The number of amides is 1. The summed E-state index contributed by atoms with van der Waals surface area (Å²) >= 11 is 0. The number of hydrogen-bond acceptors (Lipinski definition) is 6. The summed E-state index contributed by atoms with van der Waals surface area (Å²) in [7, 11) is 0. The van der Waals surface area contributed by atoms with Crippen LogP contribution in [-0.4, -0.2) is 38.1 Å². The van der Waals surface area contributed by atoms with E-state index in [2.05, 4.69) is 25.7 Å². The lowest BCUT2D eigenvalue weighted by Gasteiger charge is -2.28. The zero-order chi connectivity index (χ0) is 26.8. The van der Waals surface area contributed by atoms with Crippen LogP contribution in [0.15, 0.2) is 54.9 Å². The van der Waals surface area contributed by atoms with Gasteiger partial charge in [0.2, 0.25) is 11.9 Å². The van der Waals surface area contributed by atoms with Gasteiger partial charge in [0.25, 0.3) is 0 Å². The third kappa shape index (κ3) is 4.27. The zero-order valence-corrected chi connectivity index (χ0v) is 19.1. The standard InChI is InChI=1S/C23H17F6N7O/c1-21(2)15-8-5-13(11-16(15)32-19(21)37)31-20-33-18-17(30-9-10-35(18)34-20)12-3-6-14(7-4-12)36(22(24,25)26)23(27,28)29/h3-11H,1-2H3,(H,31,34)(H,32,37). The van der Waals surface area contributed by atoms with Gasteiger partial charge >= 0.3 is 12.6 Å². The molecule has 1 aliphatic heterocycles. The average Bonchev–Trinajstić information content (AvgIpc) is 3.29. The number of benzene rings is 2. The van der Waals surface area contributed by atoms with Crippen LogP contribution in [0.1, 0.15) is 19.4 Å². The predicted molar refractivity (Wildman–Crippen MR) is 122 cm³/mol. The molecule has 2 aromatic heterocycles. The Labute approximate surface area is 204 Å². The SMILES string of the molecule is CC1(C)C(=O)Nc2cc(Nc3nc4c(-c5ccc(N(C(F)(F)F)C(F)(F)F)cc5)nccn4n3)ccc21. The molecule has 0 fully saturated rings. The lowest BCUT2D eigenvalue weighted by Crippen LogP contribution is -2.48. The number of nitrogens with one attached hydrogen (secondary N) is 2. The Kier molecular flexibility index (Phi) is 5.31. The second-order valence-corrected chi connectivity index (χ2v) is 8.76. The van der Waals surface area contributed by atoms with Gasteiger partial charge in [-0.15, -0.1) is 31.4 Å². The number of carbonyl (C=O) groups excluding carboxylic acids is 1. The highest BCUT2D eigenvalue weighted by molar-refractivity contribution is 6.06. The molecule has 14 heteroatoms. The Morgan fingerprint density at radius 1 is 1.00 bits per heavy atom. The molecular weight excluding hydrogens is 504 g/mol. The number of anilines is 4. The third-order valence-electron chi connectivity index (χ3n) is 5.93. The van der Waals surface area contributed by atoms with Crippen molar-refractivity contribution >= 4 is 34.6 Å². The molecule has 0 bridgehead atoms. The van der Waals surface area contributed by atoms with E-state index in [1.165, 1.54) is 16.9 Å². The molecule has 1 amide bonds. The molecule has 0 saturated carbocycles. The van der Waals surface area contributed by atoms with Crippen LogP contribution in [0.2, 0.25) is 0 Å². The van der Waals surface area contributed by atoms with Gasteiger partial charge in [0.1, 0.15) is 5.69 Å². The lowest BCUT2D eigenvalue weighted by atomic mass is 9.86. The quantitative estimate of drug-likeness (QED) is 0.268. The van der Waals surface area contributed by atoms with E-state index in [0.717, 1.165) is 17.7 Å². The smallest absolute Gasteiger partial charge is 0.325 e. The van der Waals surface area contributed by atoms with Crippen molar-refractivity contribution < 1.29 is 31.1 Å². The van der Waals surface area contributed by atoms with Crippen LogP contribution in [0.3, 0.4) is 0 Å². The Morgan fingerprint density at radius 3 is 2.32 bits per heavy atom. The maximum Gasteiger partial charge on any atom is 0.491 e. The summed E-state index contributed by atoms with van der Waals surface area (Å²) in [6.45, 7) is 3.63.